The van der Waals surface area contributed by atoms with Crippen molar-refractivity contribution in [1.82, 2.24) is 15.1 Å². The Morgan fingerprint density at radius 2 is 1.90 bits per heavy atom. The van der Waals surface area contributed by atoms with E-state index in [9.17, 15) is 14.4 Å². The Balaban J connectivity index is 1.97. The summed E-state index contributed by atoms with van der Waals surface area (Å²) in [5, 5.41) is 9.95. The molecule has 2 rings (SSSR count). The molecule has 0 aliphatic rings. The lowest BCUT2D eigenvalue weighted by atomic mass is 9.99. The van der Waals surface area contributed by atoms with Gasteiger partial charge in [-0.1, -0.05) is 31.9 Å². The molecule has 0 unspecified atom stereocenters. The molecule has 9 heteroatoms. The van der Waals surface area contributed by atoms with Crippen LogP contribution in [0.1, 0.15) is 36.3 Å². The molecule has 0 radical (unpaired) electrons. The molecule has 156 valence electrons. The lowest BCUT2D eigenvalue weighted by molar-refractivity contribution is -0.150. The summed E-state index contributed by atoms with van der Waals surface area (Å²) in [6, 6.07) is 7.15. The van der Waals surface area contributed by atoms with E-state index in [4.69, 9.17) is 16.3 Å². The van der Waals surface area contributed by atoms with Crippen molar-refractivity contribution >= 4 is 35.2 Å². The summed E-state index contributed by atoms with van der Waals surface area (Å²) in [5.41, 5.74) is 1.13. The van der Waals surface area contributed by atoms with Gasteiger partial charge in [-0.15, -0.1) is 0 Å². The number of ether oxygens (including phenoxy) is 1. The quantitative estimate of drug-likeness (QED) is 0.639. The highest BCUT2D eigenvalue weighted by Gasteiger charge is 2.28. The maximum absolute atomic E-state index is 12.5. The van der Waals surface area contributed by atoms with Gasteiger partial charge in [-0.3, -0.25) is 14.3 Å². The summed E-state index contributed by atoms with van der Waals surface area (Å²) in [7, 11) is 1.69. The van der Waals surface area contributed by atoms with Gasteiger partial charge in [0.25, 0.3) is 11.8 Å². The fraction of sp³-hybridized carbons (Fsp3) is 0.400. The van der Waals surface area contributed by atoms with Gasteiger partial charge < -0.3 is 15.4 Å². The van der Waals surface area contributed by atoms with Crippen LogP contribution in [0.2, 0.25) is 5.02 Å². The number of amides is 2. The number of halogens is 1. The van der Waals surface area contributed by atoms with Gasteiger partial charge in [0.15, 0.2) is 6.61 Å². The van der Waals surface area contributed by atoms with Crippen LogP contribution in [0.3, 0.4) is 0 Å². The van der Waals surface area contributed by atoms with Crippen LogP contribution >= 0.6 is 11.6 Å². The van der Waals surface area contributed by atoms with Gasteiger partial charge in [-0.05, 0) is 37.1 Å². The summed E-state index contributed by atoms with van der Waals surface area (Å²) in [6.07, 6.45) is 0.640. The molecule has 0 fully saturated rings. The van der Waals surface area contributed by atoms with Crippen LogP contribution in [0.4, 0.5) is 5.82 Å². The number of aryl methyl sites for hydroxylation is 2. The Kier molecular flexibility index (Phi) is 7.78. The first-order valence-electron chi connectivity index (χ1n) is 9.24. The van der Waals surface area contributed by atoms with Crippen molar-refractivity contribution in [3.63, 3.8) is 0 Å². The third kappa shape index (κ3) is 6.32. The van der Waals surface area contributed by atoms with Gasteiger partial charge in [-0.2, -0.15) is 5.10 Å². The number of nitrogens with zero attached hydrogens (tertiary/aromatic N) is 2. The standard InChI is InChI=1S/C20H25ClN4O4/c1-5-12(2)18(23-19(27)14-6-8-15(21)9-7-14)20(28)29-11-17(26)22-16-10-13(3)24-25(16)4/h6-10,12,18H,5,11H2,1-4H3,(H,22,26)(H,23,27)/t12-,18-/m0/s1. The second-order valence-corrected chi connectivity index (χ2v) is 7.23. The Labute approximate surface area is 174 Å². The van der Waals surface area contributed by atoms with Gasteiger partial charge in [0.2, 0.25) is 0 Å². The maximum atomic E-state index is 12.5. The maximum Gasteiger partial charge on any atom is 0.329 e. The average molecular weight is 421 g/mol. The van der Waals surface area contributed by atoms with Crippen molar-refractivity contribution in [2.24, 2.45) is 13.0 Å². The molecule has 1 aromatic heterocycles. The van der Waals surface area contributed by atoms with E-state index in [-0.39, 0.29) is 5.92 Å². The van der Waals surface area contributed by atoms with E-state index >= 15 is 0 Å². The summed E-state index contributed by atoms with van der Waals surface area (Å²) in [5.74, 6) is -1.26. The minimum atomic E-state index is -0.880. The van der Waals surface area contributed by atoms with Gasteiger partial charge >= 0.3 is 5.97 Å². The molecule has 2 aromatic rings. The van der Waals surface area contributed by atoms with Crippen LogP contribution < -0.4 is 10.6 Å². The molecule has 0 aliphatic heterocycles. The lowest BCUT2D eigenvalue weighted by Gasteiger charge is -2.22. The van der Waals surface area contributed by atoms with Gasteiger partial charge in [0.1, 0.15) is 11.9 Å². The number of hydrogen-bond acceptors (Lipinski definition) is 5. The van der Waals surface area contributed by atoms with Gasteiger partial charge in [-0.25, -0.2) is 4.79 Å². The monoisotopic (exact) mass is 420 g/mol. The highest BCUT2D eigenvalue weighted by atomic mass is 35.5. The molecular formula is C20H25ClN4O4. The summed E-state index contributed by atoms with van der Waals surface area (Å²) >= 11 is 5.84. The van der Waals surface area contributed by atoms with Crippen molar-refractivity contribution in [1.29, 1.82) is 0 Å². The number of benzene rings is 1. The van der Waals surface area contributed by atoms with E-state index in [0.717, 1.165) is 5.69 Å². The predicted molar refractivity (Wildman–Crippen MR) is 110 cm³/mol. The summed E-state index contributed by atoms with van der Waals surface area (Å²) in [4.78, 5) is 37.1. The van der Waals surface area contributed by atoms with Crippen LogP contribution in [0.25, 0.3) is 0 Å². The number of esters is 1. The first-order chi connectivity index (χ1) is 13.7. The lowest BCUT2D eigenvalue weighted by Crippen LogP contribution is -2.46. The molecule has 0 saturated heterocycles. The van der Waals surface area contributed by atoms with E-state index in [1.54, 1.807) is 44.3 Å². The van der Waals surface area contributed by atoms with Crippen LogP contribution in [0.15, 0.2) is 30.3 Å². The van der Waals surface area contributed by atoms with E-state index in [1.165, 1.54) is 4.68 Å². The van der Waals surface area contributed by atoms with Crippen molar-refractivity contribution in [2.75, 3.05) is 11.9 Å². The molecule has 0 bridgehead atoms. The van der Waals surface area contributed by atoms with E-state index < -0.39 is 30.4 Å². The zero-order valence-electron chi connectivity index (χ0n) is 16.9. The van der Waals surface area contributed by atoms with E-state index in [1.807, 2.05) is 13.8 Å². The molecule has 1 aromatic carbocycles. The van der Waals surface area contributed by atoms with Crippen molar-refractivity contribution in [3.8, 4) is 0 Å². The second-order valence-electron chi connectivity index (χ2n) is 6.79. The van der Waals surface area contributed by atoms with Crippen molar-refractivity contribution in [2.45, 2.75) is 33.2 Å². The Hall–Kier alpha value is -2.87. The minimum Gasteiger partial charge on any atom is -0.454 e. The van der Waals surface area contributed by atoms with Crippen LogP contribution in [-0.4, -0.2) is 40.2 Å². The topological polar surface area (TPSA) is 102 Å². The van der Waals surface area contributed by atoms with Crippen LogP contribution in [0.5, 0.6) is 0 Å². The number of aromatic nitrogens is 2. The SMILES string of the molecule is CC[C@H](C)[C@H](NC(=O)c1ccc(Cl)cc1)C(=O)OCC(=O)Nc1cc(C)nn1C. The second kappa shape index (κ2) is 10.1. The van der Waals surface area contributed by atoms with Gasteiger partial charge in [0.05, 0.1) is 5.69 Å². The third-order valence-electron chi connectivity index (χ3n) is 4.47. The molecular weight excluding hydrogens is 396 g/mol. The normalized spacial score (nSPS) is 12.7. The predicted octanol–water partition coefficient (Wildman–Crippen LogP) is 2.71. The zero-order valence-corrected chi connectivity index (χ0v) is 17.6. The molecule has 2 atom stereocenters. The molecule has 8 nitrogen and oxygen atoms in total. The van der Waals surface area contributed by atoms with Crippen molar-refractivity contribution in [3.05, 3.63) is 46.6 Å². The summed E-state index contributed by atoms with van der Waals surface area (Å²) < 4.78 is 6.66. The van der Waals surface area contributed by atoms with Gasteiger partial charge in [0, 0.05) is 23.7 Å². The number of rotatable bonds is 8. The largest absolute Gasteiger partial charge is 0.454 e. The average Bonchev–Trinajstić information content (AvgIpc) is 3.00. The molecule has 2 N–H and O–H groups in total. The van der Waals surface area contributed by atoms with Crippen molar-refractivity contribution < 1.29 is 19.1 Å². The van der Waals surface area contributed by atoms with Crippen LogP contribution in [0, 0.1) is 12.8 Å². The highest BCUT2D eigenvalue weighted by Crippen LogP contribution is 2.13. The number of nitrogens with one attached hydrogen (secondary N) is 2. The molecule has 0 aliphatic carbocycles. The number of hydrogen-bond donors (Lipinski definition) is 2. The molecule has 0 saturated carbocycles. The van der Waals surface area contributed by atoms with E-state index in [2.05, 4.69) is 15.7 Å². The first-order valence-corrected chi connectivity index (χ1v) is 9.62. The summed E-state index contributed by atoms with van der Waals surface area (Å²) in [6.45, 7) is 5.06. The number of carbonyl (C=O) groups excluding carboxylic acids is 3. The molecule has 29 heavy (non-hydrogen) atoms. The minimum absolute atomic E-state index is 0.179. The Morgan fingerprint density at radius 1 is 1.24 bits per heavy atom. The Morgan fingerprint density at radius 3 is 2.45 bits per heavy atom. The highest BCUT2D eigenvalue weighted by molar-refractivity contribution is 6.30. The molecule has 0 spiro atoms. The third-order valence-corrected chi connectivity index (χ3v) is 4.73. The number of carbonyl (C=O) groups is 3. The fourth-order valence-electron chi connectivity index (χ4n) is 2.63. The smallest absolute Gasteiger partial charge is 0.329 e. The van der Waals surface area contributed by atoms with Crippen LogP contribution in [-0.2, 0) is 21.4 Å². The Bertz CT molecular complexity index is 879. The molecule has 2 amide bonds. The zero-order chi connectivity index (χ0) is 21.6. The first kappa shape index (κ1) is 22.4. The number of anilines is 1. The van der Waals surface area contributed by atoms with E-state index in [0.29, 0.717) is 22.8 Å². The molecule has 1 heterocycles. The fourth-order valence-corrected chi connectivity index (χ4v) is 2.75.